The van der Waals surface area contributed by atoms with Gasteiger partial charge in [0.1, 0.15) is 0 Å². The van der Waals surface area contributed by atoms with E-state index in [-0.39, 0.29) is 12.0 Å². The molecule has 1 atom stereocenters. The number of fused-ring (bicyclic) bond motifs is 1. The summed E-state index contributed by atoms with van der Waals surface area (Å²) in [6, 6.07) is 18.7. The van der Waals surface area contributed by atoms with Crippen molar-refractivity contribution in [1.82, 2.24) is 15.0 Å². The van der Waals surface area contributed by atoms with Crippen LogP contribution >= 0.6 is 0 Å². The van der Waals surface area contributed by atoms with E-state index in [1.54, 1.807) is 12.4 Å². The fraction of sp³-hybridized carbons (Fsp3) is 0.0952. The minimum atomic E-state index is 0.185. The molecule has 0 radical (unpaired) electrons. The van der Waals surface area contributed by atoms with Crippen molar-refractivity contribution in [3.05, 3.63) is 78.8 Å². The molecule has 0 aliphatic heterocycles. The van der Waals surface area contributed by atoms with E-state index in [1.165, 1.54) is 5.56 Å². The van der Waals surface area contributed by atoms with Crippen molar-refractivity contribution < 1.29 is 0 Å². The van der Waals surface area contributed by atoms with Crippen molar-refractivity contribution in [2.45, 2.75) is 13.0 Å². The number of nitrogens with one attached hydrogen (secondary N) is 1. The van der Waals surface area contributed by atoms with Crippen molar-refractivity contribution in [3.63, 3.8) is 0 Å². The number of pyridine rings is 1. The van der Waals surface area contributed by atoms with Crippen LogP contribution in [0.2, 0.25) is 0 Å². The minimum absolute atomic E-state index is 0.185. The van der Waals surface area contributed by atoms with Crippen LogP contribution in [0.25, 0.3) is 22.0 Å². The van der Waals surface area contributed by atoms with Crippen molar-refractivity contribution in [2.75, 3.05) is 11.1 Å². The summed E-state index contributed by atoms with van der Waals surface area (Å²) in [5, 5.41) is 4.66. The van der Waals surface area contributed by atoms with E-state index in [9.17, 15) is 0 Å². The predicted octanol–water partition coefficient (Wildman–Crippen LogP) is 4.45. The van der Waals surface area contributed by atoms with E-state index in [2.05, 4.69) is 57.5 Å². The molecule has 0 saturated carbocycles. The molecule has 3 N–H and O–H groups in total. The molecule has 26 heavy (non-hydrogen) atoms. The molecule has 0 spiro atoms. The van der Waals surface area contributed by atoms with Crippen LogP contribution in [0, 0.1) is 0 Å². The number of nitrogen functional groups attached to an aromatic ring is 1. The Bertz CT molecular complexity index is 1030. The molecule has 128 valence electrons. The van der Waals surface area contributed by atoms with Gasteiger partial charge in [-0.3, -0.25) is 4.98 Å². The summed E-state index contributed by atoms with van der Waals surface area (Å²) >= 11 is 0. The maximum Gasteiger partial charge on any atom is 0.219 e. The van der Waals surface area contributed by atoms with Gasteiger partial charge in [-0.15, -0.1) is 0 Å². The molecule has 4 rings (SSSR count). The van der Waals surface area contributed by atoms with Crippen LogP contribution in [-0.2, 0) is 0 Å². The lowest BCUT2D eigenvalue weighted by Crippen LogP contribution is -2.07. The Balaban J connectivity index is 1.73. The molecule has 5 nitrogen and oxygen atoms in total. The molecule has 2 heterocycles. The molecular weight excluding hydrogens is 322 g/mol. The second-order valence-corrected chi connectivity index (χ2v) is 6.20. The first-order valence-corrected chi connectivity index (χ1v) is 8.49. The third-order valence-corrected chi connectivity index (χ3v) is 4.42. The SMILES string of the molecule is CC(Nc1ccnc2ccc(-c3cnc(N)nc3)cc12)c1ccccc1. The first-order valence-electron chi connectivity index (χ1n) is 8.49. The zero-order chi connectivity index (χ0) is 17.9. The van der Waals surface area contributed by atoms with Gasteiger partial charge in [0, 0.05) is 41.3 Å². The number of benzene rings is 2. The molecule has 0 fully saturated rings. The largest absolute Gasteiger partial charge is 0.378 e. The zero-order valence-corrected chi connectivity index (χ0v) is 14.4. The van der Waals surface area contributed by atoms with Crippen molar-refractivity contribution in [1.29, 1.82) is 0 Å². The molecule has 2 aromatic heterocycles. The first-order chi connectivity index (χ1) is 12.7. The summed E-state index contributed by atoms with van der Waals surface area (Å²) in [4.78, 5) is 12.6. The lowest BCUT2D eigenvalue weighted by Gasteiger charge is -2.17. The third-order valence-electron chi connectivity index (χ3n) is 4.42. The Morgan fingerprint density at radius 1 is 0.885 bits per heavy atom. The van der Waals surface area contributed by atoms with E-state index < -0.39 is 0 Å². The van der Waals surface area contributed by atoms with E-state index in [4.69, 9.17) is 5.73 Å². The number of hydrogen-bond acceptors (Lipinski definition) is 5. The Labute approximate surface area is 152 Å². The smallest absolute Gasteiger partial charge is 0.219 e. The summed E-state index contributed by atoms with van der Waals surface area (Å²) < 4.78 is 0. The molecule has 4 aromatic rings. The van der Waals surface area contributed by atoms with Gasteiger partial charge in [-0.05, 0) is 36.2 Å². The number of aromatic nitrogens is 3. The first kappa shape index (κ1) is 16.0. The number of anilines is 2. The molecule has 1 unspecified atom stereocenters. The highest BCUT2D eigenvalue weighted by atomic mass is 15.0. The average Bonchev–Trinajstić information content (AvgIpc) is 2.69. The molecule has 2 aromatic carbocycles. The second-order valence-electron chi connectivity index (χ2n) is 6.20. The number of nitrogens with zero attached hydrogens (tertiary/aromatic N) is 3. The van der Waals surface area contributed by atoms with Crippen LogP contribution in [0.3, 0.4) is 0 Å². The standard InChI is InChI=1S/C21H19N5/c1-14(15-5-3-2-4-6-15)26-20-9-10-23-19-8-7-16(11-18(19)20)17-12-24-21(22)25-13-17/h2-14H,1H3,(H,23,26)(H2,22,24,25). The van der Waals surface area contributed by atoms with E-state index >= 15 is 0 Å². The summed E-state index contributed by atoms with van der Waals surface area (Å²) in [5.41, 5.74) is 10.8. The van der Waals surface area contributed by atoms with E-state index in [0.29, 0.717) is 0 Å². The van der Waals surface area contributed by atoms with Gasteiger partial charge < -0.3 is 11.1 Å². The van der Waals surface area contributed by atoms with Gasteiger partial charge in [0.15, 0.2) is 0 Å². The van der Waals surface area contributed by atoms with Crippen LogP contribution in [-0.4, -0.2) is 15.0 Å². The fourth-order valence-corrected chi connectivity index (χ4v) is 3.00. The number of hydrogen-bond donors (Lipinski definition) is 2. The topological polar surface area (TPSA) is 76.7 Å². The zero-order valence-electron chi connectivity index (χ0n) is 14.4. The highest BCUT2D eigenvalue weighted by molar-refractivity contribution is 5.94. The Morgan fingerprint density at radius 3 is 2.42 bits per heavy atom. The average molecular weight is 341 g/mol. The minimum Gasteiger partial charge on any atom is -0.378 e. The van der Waals surface area contributed by atoms with Gasteiger partial charge in [-0.2, -0.15) is 0 Å². The van der Waals surface area contributed by atoms with Gasteiger partial charge in [0.2, 0.25) is 5.95 Å². The molecule has 0 amide bonds. The molecule has 0 bridgehead atoms. The Morgan fingerprint density at radius 2 is 1.65 bits per heavy atom. The van der Waals surface area contributed by atoms with Crippen molar-refractivity contribution in [2.24, 2.45) is 0 Å². The van der Waals surface area contributed by atoms with Gasteiger partial charge in [0.25, 0.3) is 0 Å². The van der Waals surface area contributed by atoms with Crippen LogP contribution in [0.4, 0.5) is 11.6 Å². The quantitative estimate of drug-likeness (QED) is 0.573. The lowest BCUT2D eigenvalue weighted by molar-refractivity contribution is 0.886. The monoisotopic (exact) mass is 341 g/mol. The molecule has 5 heteroatoms. The van der Waals surface area contributed by atoms with E-state index in [1.807, 2.05) is 30.5 Å². The van der Waals surface area contributed by atoms with Crippen LogP contribution in [0.5, 0.6) is 0 Å². The van der Waals surface area contributed by atoms with E-state index in [0.717, 1.165) is 27.7 Å². The highest BCUT2D eigenvalue weighted by Gasteiger charge is 2.09. The van der Waals surface area contributed by atoms with Gasteiger partial charge in [-0.1, -0.05) is 36.4 Å². The normalized spacial score (nSPS) is 12.0. The molecular formula is C21H19N5. The Hall–Kier alpha value is -3.47. The fourth-order valence-electron chi connectivity index (χ4n) is 3.00. The number of nitrogens with two attached hydrogens (primary N) is 1. The third kappa shape index (κ3) is 3.19. The molecule has 0 aliphatic carbocycles. The highest BCUT2D eigenvalue weighted by Crippen LogP contribution is 2.29. The van der Waals surface area contributed by atoms with Crippen LogP contribution < -0.4 is 11.1 Å². The maximum absolute atomic E-state index is 5.59. The predicted molar refractivity (Wildman–Crippen MR) is 106 cm³/mol. The second kappa shape index (κ2) is 6.80. The molecule has 0 saturated heterocycles. The van der Waals surface area contributed by atoms with Crippen LogP contribution in [0.15, 0.2) is 73.2 Å². The Kier molecular flexibility index (Phi) is 4.19. The van der Waals surface area contributed by atoms with Crippen molar-refractivity contribution in [3.8, 4) is 11.1 Å². The summed E-state index contributed by atoms with van der Waals surface area (Å²) in [6.45, 7) is 2.15. The summed E-state index contributed by atoms with van der Waals surface area (Å²) in [5.74, 6) is 0.273. The summed E-state index contributed by atoms with van der Waals surface area (Å²) in [6.07, 6.45) is 5.30. The van der Waals surface area contributed by atoms with Gasteiger partial charge in [0.05, 0.1) is 5.52 Å². The number of rotatable bonds is 4. The lowest BCUT2D eigenvalue weighted by atomic mass is 10.0. The van der Waals surface area contributed by atoms with Crippen LogP contribution in [0.1, 0.15) is 18.5 Å². The van der Waals surface area contributed by atoms with Gasteiger partial charge in [-0.25, -0.2) is 9.97 Å². The molecule has 0 aliphatic rings. The summed E-state index contributed by atoms with van der Waals surface area (Å²) in [7, 11) is 0. The maximum atomic E-state index is 5.59. The van der Waals surface area contributed by atoms with Crippen molar-refractivity contribution >= 4 is 22.5 Å². The van der Waals surface area contributed by atoms with Gasteiger partial charge >= 0.3 is 0 Å².